The number of benzene rings is 1. The molecule has 0 aromatic heterocycles. The van der Waals surface area contributed by atoms with Crippen molar-refractivity contribution < 1.29 is 77.8 Å². The predicted molar refractivity (Wildman–Crippen MR) is 87.3 cm³/mol. The van der Waals surface area contributed by atoms with Crippen molar-refractivity contribution in [3.05, 3.63) is 29.3 Å². The third kappa shape index (κ3) is 3.63. The molecule has 2 fully saturated rings. The molecule has 3 aliphatic carbocycles. The molecule has 0 bridgehead atoms. The number of aromatic hydroxyl groups is 1. The van der Waals surface area contributed by atoms with E-state index in [0.717, 1.165) is 24.0 Å². The quantitative estimate of drug-likeness (QED) is 0.437. The summed E-state index contributed by atoms with van der Waals surface area (Å²) < 4.78 is 63.8. The number of phenols is 1. The largest absolute Gasteiger partial charge is 1.00 e. The van der Waals surface area contributed by atoms with Crippen molar-refractivity contribution in [1.29, 1.82) is 0 Å². The van der Waals surface area contributed by atoms with Crippen LogP contribution in [0.15, 0.2) is 18.2 Å². The van der Waals surface area contributed by atoms with Gasteiger partial charge in [0.05, 0.1) is 7.45 Å². The van der Waals surface area contributed by atoms with E-state index in [1.54, 1.807) is 19.1 Å². The number of aryl methyl sites for hydroxylation is 1. The second-order valence-electron chi connectivity index (χ2n) is 7.46. The fourth-order valence-corrected chi connectivity index (χ4v) is 5.63. The third-order valence-electron chi connectivity index (χ3n) is 6.29. The molecule has 25 heavy (non-hydrogen) atoms. The van der Waals surface area contributed by atoms with Gasteiger partial charge in [0.15, 0.2) is 0 Å². The number of hydrogen-bond donors (Lipinski definition) is 1. The van der Waals surface area contributed by atoms with E-state index < -0.39 is 28.3 Å². The first kappa shape index (κ1) is 16.5. The van der Waals surface area contributed by atoms with E-state index in [2.05, 4.69) is 4.18 Å². The van der Waals surface area contributed by atoms with E-state index in [9.17, 15) is 18.1 Å². The van der Waals surface area contributed by atoms with Crippen molar-refractivity contribution >= 4 is 10.4 Å². The molecule has 0 amide bonds. The van der Waals surface area contributed by atoms with Crippen LogP contribution in [0.3, 0.4) is 0 Å². The molecule has 0 unspecified atom stereocenters. The van der Waals surface area contributed by atoms with Crippen LogP contribution in [-0.2, 0) is 21.0 Å². The van der Waals surface area contributed by atoms with Gasteiger partial charge >= 0.3 is 51.4 Å². The van der Waals surface area contributed by atoms with Crippen LogP contribution in [0.2, 0.25) is 0 Å². The average Bonchev–Trinajstić information content (AvgIpc) is 2.69. The van der Waals surface area contributed by atoms with Crippen LogP contribution in [0, 0.1) is 17.3 Å². The van der Waals surface area contributed by atoms with Crippen molar-refractivity contribution in [2.24, 2.45) is 17.3 Å². The van der Waals surface area contributed by atoms with E-state index >= 15 is 0 Å². The fraction of sp³-hybridized carbons (Fsp3) is 0.667. The molecular formula is C18H23KO5S. The zero-order valence-corrected chi connectivity index (χ0v) is 18.4. The van der Waals surface area contributed by atoms with E-state index in [0.29, 0.717) is 12.8 Å². The van der Waals surface area contributed by atoms with Gasteiger partial charge in [-0.05, 0) is 84.9 Å². The van der Waals surface area contributed by atoms with Crippen LogP contribution >= 0.6 is 0 Å². The second-order valence-corrected chi connectivity index (χ2v) is 8.44. The van der Waals surface area contributed by atoms with Gasteiger partial charge in [0.2, 0.25) is 10.4 Å². The second kappa shape index (κ2) is 7.17. The predicted octanol–water partition coefficient (Wildman–Crippen LogP) is 0.0977. The Balaban J connectivity index is 0.00000225. The molecule has 1 aromatic carbocycles. The van der Waals surface area contributed by atoms with Crippen molar-refractivity contribution in [1.82, 2.24) is 0 Å². The summed E-state index contributed by atoms with van der Waals surface area (Å²) in [6.07, 6.45) is -2.09. The summed E-state index contributed by atoms with van der Waals surface area (Å²) in [7, 11) is -5.21. The van der Waals surface area contributed by atoms with Gasteiger partial charge in [0.25, 0.3) is 0 Å². The Morgan fingerprint density at radius 3 is 2.88 bits per heavy atom. The summed E-state index contributed by atoms with van der Waals surface area (Å²) in [5.74, 6) is 0.229. The Kier molecular flexibility index (Phi) is 4.72. The van der Waals surface area contributed by atoms with Gasteiger partial charge in [-0.1, -0.05) is 13.0 Å². The minimum atomic E-state index is -5.21. The van der Waals surface area contributed by atoms with Gasteiger partial charge < -0.3 is 9.66 Å². The van der Waals surface area contributed by atoms with Crippen LogP contribution in [0.4, 0.5) is 0 Å². The zero-order valence-electron chi connectivity index (χ0n) is 17.5. The smallest absolute Gasteiger partial charge is 0.726 e. The Bertz CT molecular complexity index is 895. The van der Waals surface area contributed by atoms with Crippen molar-refractivity contribution in [2.75, 3.05) is 0 Å². The maximum absolute atomic E-state index is 11.3. The van der Waals surface area contributed by atoms with E-state index in [4.69, 9.17) is 4.11 Å². The molecule has 0 radical (unpaired) electrons. The Labute approximate surface area is 196 Å². The Morgan fingerprint density at radius 2 is 2.16 bits per heavy atom. The molecule has 0 saturated heterocycles. The summed E-state index contributed by atoms with van der Waals surface area (Å²) in [6.45, 7) is 1.70. The summed E-state index contributed by atoms with van der Waals surface area (Å²) in [4.78, 5) is 0. The fourth-order valence-electron chi connectivity index (χ4n) is 5.18. The van der Waals surface area contributed by atoms with Crippen LogP contribution < -0.4 is 51.4 Å². The molecule has 1 N–H and O–H groups in total. The number of rotatable bonds is 2. The molecule has 5 nitrogen and oxygen atoms in total. The SMILES string of the molecule is [2H]C1([2H])C[C@H]2[C@@H]3CCc4cc(O)ccc4[C@H]3CC[C@]2(C)[C@@]1([2H])OS(=O)(=O)[O-].[K+]. The minimum absolute atomic E-state index is 0. The normalized spacial score (nSPS) is 43.4. The first-order valence-electron chi connectivity index (χ1n) is 9.86. The van der Waals surface area contributed by atoms with Gasteiger partial charge in [-0.15, -0.1) is 0 Å². The number of phenolic OH excluding ortho intramolecular Hbond substituents is 1. The summed E-state index contributed by atoms with van der Waals surface area (Å²) in [5.41, 5.74) is 1.17. The first-order valence-corrected chi connectivity index (χ1v) is 9.70. The molecule has 2 saturated carbocycles. The molecular weight excluding hydrogens is 367 g/mol. The van der Waals surface area contributed by atoms with E-state index in [-0.39, 0.29) is 81.3 Å². The maximum Gasteiger partial charge on any atom is 1.00 e. The Hall–Kier alpha value is 0.526. The first-order chi connectivity index (χ1) is 12.4. The molecule has 0 heterocycles. The monoisotopic (exact) mass is 393 g/mol. The van der Waals surface area contributed by atoms with Gasteiger partial charge in [0, 0.05) is 2.74 Å². The van der Waals surface area contributed by atoms with Gasteiger partial charge in [0.1, 0.15) is 5.75 Å². The van der Waals surface area contributed by atoms with Gasteiger partial charge in [-0.3, -0.25) is 4.18 Å². The van der Waals surface area contributed by atoms with Crippen molar-refractivity contribution in [3.8, 4) is 5.75 Å². The summed E-state index contributed by atoms with van der Waals surface area (Å²) in [5, 5.41) is 9.74. The third-order valence-corrected chi connectivity index (χ3v) is 6.66. The van der Waals surface area contributed by atoms with Crippen molar-refractivity contribution in [3.63, 3.8) is 0 Å². The van der Waals surface area contributed by atoms with Crippen LogP contribution in [0.25, 0.3) is 0 Å². The maximum atomic E-state index is 11.3. The number of fused-ring (bicyclic) bond motifs is 5. The number of hydrogen-bond acceptors (Lipinski definition) is 5. The van der Waals surface area contributed by atoms with E-state index in [1.807, 2.05) is 6.07 Å². The zero-order chi connectivity index (χ0) is 19.8. The van der Waals surface area contributed by atoms with Gasteiger partial charge in [-0.2, -0.15) is 0 Å². The van der Waals surface area contributed by atoms with Crippen LogP contribution in [0.1, 0.15) is 60.1 Å². The average molecular weight is 394 g/mol. The Morgan fingerprint density at radius 1 is 1.40 bits per heavy atom. The van der Waals surface area contributed by atoms with Crippen LogP contribution in [-0.4, -0.2) is 24.2 Å². The molecule has 0 spiro atoms. The summed E-state index contributed by atoms with van der Waals surface area (Å²) in [6, 6.07) is 5.35. The standard InChI is InChI=1S/C18H24O5S.K/c1-18-9-8-14-13-5-3-12(19)10-11(13)2-4-15(14)16(18)6-7-17(18)23-24(20,21)22;/h3,5,10,14-17,19H,2,4,6-9H2,1H3,(H,20,21,22);/q;+1/p-1/t14-,15-,16+,17+,18+;/m1./s1/i7D2,17D;. The molecule has 4 rings (SSSR count). The molecule has 3 aliphatic rings. The molecule has 0 aliphatic heterocycles. The van der Waals surface area contributed by atoms with E-state index in [1.165, 1.54) is 0 Å². The van der Waals surface area contributed by atoms with Gasteiger partial charge in [-0.25, -0.2) is 8.42 Å². The molecule has 7 heteroatoms. The summed E-state index contributed by atoms with van der Waals surface area (Å²) >= 11 is 0. The molecule has 132 valence electrons. The van der Waals surface area contributed by atoms with Crippen LogP contribution in [0.5, 0.6) is 5.75 Å². The molecule has 1 aromatic rings. The molecule has 5 atom stereocenters. The minimum Gasteiger partial charge on any atom is -0.726 e. The van der Waals surface area contributed by atoms with Crippen molar-refractivity contribution in [2.45, 2.75) is 57.4 Å². The topological polar surface area (TPSA) is 86.7 Å².